The summed E-state index contributed by atoms with van der Waals surface area (Å²) in [7, 11) is 0. The number of anilines is 2. The Morgan fingerprint density at radius 2 is 1.74 bits per heavy atom. The van der Waals surface area contributed by atoms with E-state index >= 15 is 4.39 Å². The molecule has 0 bridgehead atoms. The number of benzene rings is 2. The van der Waals surface area contributed by atoms with Crippen molar-refractivity contribution in [1.29, 1.82) is 0 Å². The Bertz CT molecular complexity index is 1660. The quantitative estimate of drug-likeness (QED) is 0.274. The first-order chi connectivity index (χ1) is 20.8. The summed E-state index contributed by atoms with van der Waals surface area (Å²) in [5.74, 6) is -2.31. The number of carbonyl (C=O) groups is 2. The molecular formula is C30H28F2N6O5. The molecule has 0 unspecified atom stereocenters. The Morgan fingerprint density at radius 1 is 1.00 bits per heavy atom. The van der Waals surface area contributed by atoms with Crippen LogP contribution in [0.3, 0.4) is 0 Å². The predicted molar refractivity (Wildman–Crippen MR) is 151 cm³/mol. The van der Waals surface area contributed by atoms with Crippen molar-refractivity contribution in [3.63, 3.8) is 0 Å². The number of pyridine rings is 1. The van der Waals surface area contributed by atoms with Crippen LogP contribution in [0.2, 0.25) is 0 Å². The van der Waals surface area contributed by atoms with Crippen molar-refractivity contribution in [2.24, 2.45) is 11.1 Å². The Labute approximate surface area is 245 Å². The largest absolute Gasteiger partial charge is 0.475 e. The molecule has 2 aromatic heterocycles. The molecule has 0 atom stereocenters. The van der Waals surface area contributed by atoms with E-state index in [1.54, 1.807) is 0 Å². The number of ether oxygens (including phenoxy) is 3. The average molecular weight is 591 g/mol. The van der Waals surface area contributed by atoms with Gasteiger partial charge in [-0.25, -0.2) is 18.7 Å². The number of carbonyl (C=O) groups excluding carboxylic acids is 2. The summed E-state index contributed by atoms with van der Waals surface area (Å²) in [5.41, 5.74) is 5.07. The number of nitrogens with two attached hydrogens (primary N) is 1. The molecule has 6 rings (SSSR count). The second kappa shape index (κ2) is 11.9. The fraction of sp³-hybridized carbons (Fsp3) is 0.300. The molecule has 0 spiro atoms. The fourth-order valence-corrected chi connectivity index (χ4v) is 4.85. The Hall–Kier alpha value is -4.75. The van der Waals surface area contributed by atoms with Crippen LogP contribution in [-0.4, -0.2) is 71.1 Å². The van der Waals surface area contributed by atoms with Crippen LogP contribution in [0.15, 0.2) is 60.9 Å². The molecule has 1 aliphatic carbocycles. The maximum Gasteiger partial charge on any atom is 0.247 e. The molecule has 1 saturated carbocycles. The summed E-state index contributed by atoms with van der Waals surface area (Å²) in [6, 6.07) is 10.5. The van der Waals surface area contributed by atoms with Crippen LogP contribution in [0.1, 0.15) is 12.8 Å². The molecule has 2 amide bonds. The summed E-state index contributed by atoms with van der Waals surface area (Å²) >= 11 is 0. The van der Waals surface area contributed by atoms with Crippen molar-refractivity contribution < 1.29 is 32.6 Å². The highest BCUT2D eigenvalue weighted by molar-refractivity contribution is 6.16. The van der Waals surface area contributed by atoms with Crippen LogP contribution in [0.4, 0.5) is 20.2 Å². The molecule has 2 fully saturated rings. The molecule has 13 heteroatoms. The minimum atomic E-state index is -1.39. The van der Waals surface area contributed by atoms with Crippen LogP contribution in [0, 0.1) is 17.0 Å². The van der Waals surface area contributed by atoms with Gasteiger partial charge in [0, 0.05) is 43.7 Å². The minimum absolute atomic E-state index is 0.118. The third kappa shape index (κ3) is 5.94. The van der Waals surface area contributed by atoms with Gasteiger partial charge in [0.25, 0.3) is 0 Å². The normalized spacial score (nSPS) is 16.0. The maximum atomic E-state index is 15.5. The van der Waals surface area contributed by atoms with Crippen molar-refractivity contribution in [2.75, 3.05) is 44.4 Å². The first-order valence-corrected chi connectivity index (χ1v) is 13.8. The van der Waals surface area contributed by atoms with Crippen LogP contribution < -0.4 is 20.1 Å². The molecule has 0 radical (unpaired) electrons. The lowest BCUT2D eigenvalue weighted by Crippen LogP contribution is -2.41. The number of hydrogen-bond acceptors (Lipinski definition) is 9. The maximum absolute atomic E-state index is 15.5. The number of halogens is 2. The van der Waals surface area contributed by atoms with Crippen LogP contribution in [-0.2, 0) is 14.3 Å². The first-order valence-electron chi connectivity index (χ1n) is 13.8. The van der Waals surface area contributed by atoms with Gasteiger partial charge in [0.05, 0.1) is 25.1 Å². The lowest BCUT2D eigenvalue weighted by molar-refractivity contribution is -0.133. The fourth-order valence-electron chi connectivity index (χ4n) is 4.85. The van der Waals surface area contributed by atoms with Gasteiger partial charge in [-0.3, -0.25) is 19.4 Å². The molecular weight excluding hydrogens is 562 g/mol. The highest BCUT2D eigenvalue weighted by Gasteiger charge is 2.57. The smallest absolute Gasteiger partial charge is 0.247 e. The third-order valence-electron chi connectivity index (χ3n) is 7.46. The van der Waals surface area contributed by atoms with Crippen molar-refractivity contribution >= 4 is 34.4 Å². The number of morpholine rings is 1. The summed E-state index contributed by atoms with van der Waals surface area (Å²) in [4.78, 5) is 42.0. The van der Waals surface area contributed by atoms with Gasteiger partial charge in [-0.2, -0.15) is 4.98 Å². The lowest BCUT2D eigenvalue weighted by atomic mass is 10.0. The van der Waals surface area contributed by atoms with Gasteiger partial charge in [-0.1, -0.05) is 0 Å². The zero-order valence-electron chi connectivity index (χ0n) is 23.0. The average Bonchev–Trinajstić information content (AvgIpc) is 3.83. The Kier molecular flexibility index (Phi) is 7.82. The predicted octanol–water partition coefficient (Wildman–Crippen LogP) is 3.74. The van der Waals surface area contributed by atoms with Crippen LogP contribution in [0.25, 0.3) is 11.2 Å². The van der Waals surface area contributed by atoms with E-state index in [2.05, 4.69) is 19.9 Å². The zero-order valence-corrected chi connectivity index (χ0v) is 23.0. The van der Waals surface area contributed by atoms with Crippen molar-refractivity contribution in [1.82, 2.24) is 19.9 Å². The van der Waals surface area contributed by atoms with Gasteiger partial charge < -0.3 is 19.9 Å². The number of rotatable bonds is 10. The number of nitrogens with zero attached hydrogens (tertiary/aromatic N) is 5. The van der Waals surface area contributed by atoms with Crippen LogP contribution >= 0.6 is 0 Å². The summed E-state index contributed by atoms with van der Waals surface area (Å²) < 4.78 is 46.1. The molecule has 3 heterocycles. The van der Waals surface area contributed by atoms with Gasteiger partial charge >= 0.3 is 0 Å². The van der Waals surface area contributed by atoms with E-state index in [9.17, 15) is 14.0 Å². The zero-order chi connectivity index (χ0) is 30.0. The number of primary amides is 1. The molecule has 2 aliphatic rings. The number of hydrogen-bond donors (Lipinski definition) is 1. The second-order valence-corrected chi connectivity index (χ2v) is 10.3. The number of fused-ring (bicyclic) bond motifs is 1. The van der Waals surface area contributed by atoms with Crippen molar-refractivity contribution in [3.8, 4) is 17.4 Å². The van der Waals surface area contributed by atoms with Crippen molar-refractivity contribution in [2.45, 2.75) is 12.8 Å². The SMILES string of the molecule is NC(=O)C1(C(=O)N(c2ccc(F)cc2)c2ccc(Oc3ccnc4nc(OCCN5CCOCC5)cnc34)c(F)c2)CC1. The van der Waals surface area contributed by atoms with Gasteiger partial charge in [0.2, 0.25) is 17.7 Å². The second-order valence-electron chi connectivity index (χ2n) is 10.3. The third-order valence-corrected chi connectivity index (χ3v) is 7.46. The Morgan fingerprint density at radius 3 is 2.44 bits per heavy atom. The minimum Gasteiger partial charge on any atom is -0.475 e. The molecule has 1 saturated heterocycles. The molecule has 222 valence electrons. The highest BCUT2D eigenvalue weighted by atomic mass is 19.1. The van der Waals surface area contributed by atoms with E-state index in [0.29, 0.717) is 31.2 Å². The van der Waals surface area contributed by atoms with E-state index in [1.807, 2.05) is 0 Å². The number of amides is 2. The summed E-state index contributed by atoms with van der Waals surface area (Å²) in [6.07, 6.45) is 3.47. The molecule has 1 aliphatic heterocycles. The van der Waals surface area contributed by atoms with E-state index in [0.717, 1.165) is 30.6 Å². The molecule has 4 aromatic rings. The standard InChI is InChI=1S/C30H28F2N6O5/c31-19-1-3-20(4-2-19)38(29(40)30(8-9-30)28(33)39)21-5-6-23(22(32)17-21)43-24-7-10-34-27-26(24)35-18-25(36-27)42-16-13-37-11-14-41-15-12-37/h1-7,10,17-18H,8-9,11-16H2,(H2,33,39). The van der Waals surface area contributed by atoms with Gasteiger partial charge in [-0.15, -0.1) is 0 Å². The first kappa shape index (κ1) is 28.4. The van der Waals surface area contributed by atoms with Gasteiger partial charge in [-0.05, 0) is 49.2 Å². The van der Waals surface area contributed by atoms with Gasteiger partial charge in [0.15, 0.2) is 28.5 Å². The van der Waals surface area contributed by atoms with Crippen LogP contribution in [0.5, 0.6) is 17.4 Å². The molecule has 43 heavy (non-hydrogen) atoms. The monoisotopic (exact) mass is 590 g/mol. The van der Waals surface area contributed by atoms with Gasteiger partial charge in [0.1, 0.15) is 17.8 Å². The lowest BCUT2D eigenvalue weighted by Gasteiger charge is -2.26. The molecule has 2 N–H and O–H groups in total. The summed E-state index contributed by atoms with van der Waals surface area (Å²) in [6.45, 7) is 4.25. The van der Waals surface area contributed by atoms with E-state index in [4.69, 9.17) is 19.9 Å². The van der Waals surface area contributed by atoms with E-state index in [1.165, 1.54) is 54.9 Å². The number of aromatic nitrogens is 3. The highest BCUT2D eigenvalue weighted by Crippen LogP contribution is 2.49. The van der Waals surface area contributed by atoms with Crippen molar-refractivity contribution in [3.05, 3.63) is 72.6 Å². The molecule has 11 nitrogen and oxygen atoms in total. The summed E-state index contributed by atoms with van der Waals surface area (Å²) in [5, 5.41) is 0. The molecule has 2 aromatic carbocycles. The topological polar surface area (TPSA) is 133 Å². The van der Waals surface area contributed by atoms with E-state index in [-0.39, 0.29) is 41.4 Å². The Balaban J connectivity index is 1.22. The van der Waals surface area contributed by atoms with E-state index < -0.39 is 28.9 Å².